The third-order valence-corrected chi connectivity index (χ3v) is 3.68. The largest absolute Gasteiger partial charge is 0.316 e. The quantitative estimate of drug-likeness (QED) is 0.703. The van der Waals surface area contributed by atoms with E-state index in [0.29, 0.717) is 6.04 Å². The lowest BCUT2D eigenvalue weighted by atomic mass is 10.1. The summed E-state index contributed by atoms with van der Waals surface area (Å²) in [4.78, 5) is 5.24. The van der Waals surface area contributed by atoms with Gasteiger partial charge in [0.1, 0.15) is 0 Å². The van der Waals surface area contributed by atoms with Gasteiger partial charge >= 0.3 is 0 Å². The number of hydrogen-bond acceptors (Lipinski definition) is 3. The van der Waals surface area contributed by atoms with E-state index in [1.54, 1.807) is 0 Å². The molecule has 2 aliphatic heterocycles. The first-order chi connectivity index (χ1) is 6.79. The van der Waals surface area contributed by atoms with Crippen LogP contribution in [0.25, 0.3) is 0 Å². The van der Waals surface area contributed by atoms with E-state index < -0.39 is 0 Å². The lowest BCUT2D eigenvalue weighted by Gasteiger charge is -2.36. The van der Waals surface area contributed by atoms with E-state index in [4.69, 9.17) is 0 Å². The molecule has 0 aromatic heterocycles. The summed E-state index contributed by atoms with van der Waals surface area (Å²) < 4.78 is 0. The summed E-state index contributed by atoms with van der Waals surface area (Å²) >= 11 is 0. The second-order valence-corrected chi connectivity index (χ2v) is 4.78. The molecule has 0 spiro atoms. The third kappa shape index (κ3) is 2.27. The molecule has 2 atom stereocenters. The summed E-state index contributed by atoms with van der Waals surface area (Å²) in [6, 6.07) is 1.50. The fourth-order valence-electron chi connectivity index (χ4n) is 2.46. The Bertz CT molecular complexity index is 179. The second kappa shape index (κ2) is 4.60. The highest BCUT2D eigenvalue weighted by atomic mass is 15.3. The Balaban J connectivity index is 1.71. The smallest absolute Gasteiger partial charge is 0.0235 e. The van der Waals surface area contributed by atoms with Crippen molar-refractivity contribution in [3.63, 3.8) is 0 Å². The van der Waals surface area contributed by atoms with Gasteiger partial charge in [-0.1, -0.05) is 0 Å². The summed E-state index contributed by atoms with van der Waals surface area (Å²) in [5.74, 6) is 0. The van der Waals surface area contributed by atoms with Crippen LogP contribution in [0.3, 0.4) is 0 Å². The average molecular weight is 197 g/mol. The molecule has 2 aliphatic rings. The number of likely N-dealkylation sites (N-methyl/N-ethyl adjacent to an activating group) is 1. The van der Waals surface area contributed by atoms with E-state index >= 15 is 0 Å². The Morgan fingerprint density at radius 2 is 2.14 bits per heavy atom. The number of rotatable bonds is 4. The molecule has 0 radical (unpaired) electrons. The Kier molecular flexibility index (Phi) is 3.42. The SMILES string of the molecule is CNC(C)CN1CCC(N2CCC2)C1. The van der Waals surface area contributed by atoms with E-state index in [1.165, 1.54) is 45.6 Å². The second-order valence-electron chi connectivity index (χ2n) is 4.78. The first kappa shape index (κ1) is 10.4. The van der Waals surface area contributed by atoms with Crippen molar-refractivity contribution in [2.24, 2.45) is 0 Å². The highest BCUT2D eigenvalue weighted by Crippen LogP contribution is 2.20. The van der Waals surface area contributed by atoms with Gasteiger partial charge in [-0.2, -0.15) is 0 Å². The maximum Gasteiger partial charge on any atom is 0.0235 e. The van der Waals surface area contributed by atoms with Gasteiger partial charge < -0.3 is 10.2 Å². The Morgan fingerprint density at radius 1 is 1.36 bits per heavy atom. The zero-order chi connectivity index (χ0) is 9.97. The van der Waals surface area contributed by atoms with Crippen molar-refractivity contribution >= 4 is 0 Å². The highest BCUT2D eigenvalue weighted by Gasteiger charge is 2.30. The molecule has 3 heteroatoms. The minimum Gasteiger partial charge on any atom is -0.316 e. The van der Waals surface area contributed by atoms with Gasteiger partial charge in [0.05, 0.1) is 0 Å². The van der Waals surface area contributed by atoms with Crippen LogP contribution in [-0.4, -0.2) is 61.7 Å². The summed E-state index contributed by atoms with van der Waals surface area (Å²) in [5, 5.41) is 3.31. The van der Waals surface area contributed by atoms with Gasteiger partial charge in [0.2, 0.25) is 0 Å². The Hall–Kier alpha value is -0.120. The molecule has 0 aromatic rings. The molecule has 0 aromatic carbocycles. The molecule has 2 heterocycles. The van der Waals surface area contributed by atoms with E-state index in [2.05, 4.69) is 22.0 Å². The summed E-state index contributed by atoms with van der Waals surface area (Å²) in [6.45, 7) is 8.76. The molecule has 0 saturated carbocycles. The van der Waals surface area contributed by atoms with Gasteiger partial charge in [-0.05, 0) is 46.4 Å². The maximum atomic E-state index is 3.31. The zero-order valence-electron chi connectivity index (χ0n) is 9.50. The Morgan fingerprint density at radius 3 is 2.71 bits per heavy atom. The number of nitrogens with zero attached hydrogens (tertiary/aromatic N) is 2. The zero-order valence-corrected chi connectivity index (χ0v) is 9.50. The van der Waals surface area contributed by atoms with Gasteiger partial charge in [0, 0.05) is 25.2 Å². The Labute approximate surface area is 87.4 Å². The van der Waals surface area contributed by atoms with Crippen LogP contribution in [0.4, 0.5) is 0 Å². The lowest BCUT2D eigenvalue weighted by molar-refractivity contribution is 0.119. The summed E-state index contributed by atoms with van der Waals surface area (Å²) in [6.07, 6.45) is 2.81. The first-order valence-electron chi connectivity index (χ1n) is 5.93. The monoisotopic (exact) mass is 197 g/mol. The van der Waals surface area contributed by atoms with Crippen LogP contribution in [0.15, 0.2) is 0 Å². The maximum absolute atomic E-state index is 3.31. The van der Waals surface area contributed by atoms with Crippen molar-refractivity contribution in [3.05, 3.63) is 0 Å². The molecule has 3 nitrogen and oxygen atoms in total. The fraction of sp³-hybridized carbons (Fsp3) is 1.00. The van der Waals surface area contributed by atoms with Crippen molar-refractivity contribution in [1.82, 2.24) is 15.1 Å². The number of hydrogen-bond donors (Lipinski definition) is 1. The molecule has 0 aliphatic carbocycles. The molecule has 0 bridgehead atoms. The van der Waals surface area contributed by atoms with Crippen molar-refractivity contribution in [2.45, 2.75) is 31.8 Å². The highest BCUT2D eigenvalue weighted by molar-refractivity contribution is 4.87. The van der Waals surface area contributed by atoms with Crippen LogP contribution >= 0.6 is 0 Å². The van der Waals surface area contributed by atoms with Gasteiger partial charge in [-0.25, -0.2) is 0 Å². The lowest BCUT2D eigenvalue weighted by Crippen LogP contribution is -2.47. The molecule has 2 unspecified atom stereocenters. The van der Waals surface area contributed by atoms with Crippen molar-refractivity contribution in [1.29, 1.82) is 0 Å². The van der Waals surface area contributed by atoms with E-state index in [-0.39, 0.29) is 0 Å². The molecule has 14 heavy (non-hydrogen) atoms. The van der Waals surface area contributed by atoms with Crippen LogP contribution < -0.4 is 5.32 Å². The molecule has 82 valence electrons. The van der Waals surface area contributed by atoms with Crippen LogP contribution in [-0.2, 0) is 0 Å². The fourth-order valence-corrected chi connectivity index (χ4v) is 2.46. The topological polar surface area (TPSA) is 18.5 Å². The molecule has 2 saturated heterocycles. The molecule has 2 rings (SSSR count). The molecular formula is C11H23N3. The minimum atomic E-state index is 0.630. The first-order valence-corrected chi connectivity index (χ1v) is 5.93. The van der Waals surface area contributed by atoms with Crippen LogP contribution in [0, 0.1) is 0 Å². The predicted octanol–water partition coefficient (Wildman–Crippen LogP) is 0.374. The average Bonchev–Trinajstić information content (AvgIpc) is 2.50. The molecule has 1 N–H and O–H groups in total. The van der Waals surface area contributed by atoms with Gasteiger partial charge in [0.15, 0.2) is 0 Å². The van der Waals surface area contributed by atoms with Crippen LogP contribution in [0.5, 0.6) is 0 Å². The molecular weight excluding hydrogens is 174 g/mol. The van der Waals surface area contributed by atoms with Crippen molar-refractivity contribution < 1.29 is 0 Å². The van der Waals surface area contributed by atoms with Crippen molar-refractivity contribution in [2.75, 3.05) is 39.8 Å². The predicted molar refractivity (Wildman–Crippen MR) is 59.6 cm³/mol. The van der Waals surface area contributed by atoms with Crippen molar-refractivity contribution in [3.8, 4) is 0 Å². The van der Waals surface area contributed by atoms with Gasteiger partial charge in [-0.15, -0.1) is 0 Å². The van der Waals surface area contributed by atoms with E-state index in [9.17, 15) is 0 Å². The third-order valence-electron chi connectivity index (χ3n) is 3.68. The number of likely N-dealkylation sites (tertiary alicyclic amines) is 2. The van der Waals surface area contributed by atoms with Gasteiger partial charge in [0.25, 0.3) is 0 Å². The van der Waals surface area contributed by atoms with E-state index in [0.717, 1.165) is 6.04 Å². The van der Waals surface area contributed by atoms with Crippen LogP contribution in [0.2, 0.25) is 0 Å². The van der Waals surface area contributed by atoms with Gasteiger partial charge in [-0.3, -0.25) is 4.90 Å². The summed E-state index contributed by atoms with van der Waals surface area (Å²) in [5.41, 5.74) is 0. The van der Waals surface area contributed by atoms with Crippen LogP contribution in [0.1, 0.15) is 19.8 Å². The molecule has 0 amide bonds. The standard InChI is InChI=1S/C11H23N3/c1-10(12-2)8-13-7-4-11(9-13)14-5-3-6-14/h10-12H,3-9H2,1-2H3. The summed E-state index contributed by atoms with van der Waals surface area (Å²) in [7, 11) is 2.05. The number of nitrogens with one attached hydrogen (secondary N) is 1. The normalized spacial score (nSPS) is 31.7. The van der Waals surface area contributed by atoms with E-state index in [1.807, 2.05) is 7.05 Å². The molecule has 2 fully saturated rings. The minimum absolute atomic E-state index is 0.630.